The Morgan fingerprint density at radius 2 is 2.70 bits per heavy atom. The van der Waals surface area contributed by atoms with Gasteiger partial charge in [0.15, 0.2) is 0 Å². The van der Waals surface area contributed by atoms with E-state index in [2.05, 4.69) is 9.55 Å². The average molecular weight is 155 g/mol. The van der Waals surface area contributed by atoms with Gasteiger partial charge in [-0.2, -0.15) is 0 Å². The minimum Gasteiger partial charge on any atom is -0.325 e. The van der Waals surface area contributed by atoms with Gasteiger partial charge in [0, 0.05) is 12.7 Å². The lowest BCUT2D eigenvalue weighted by molar-refractivity contribution is 0.866. The number of hydrogen-bond donors (Lipinski definition) is 1. The van der Waals surface area contributed by atoms with Crippen LogP contribution in [0.3, 0.4) is 0 Å². The van der Waals surface area contributed by atoms with Crippen molar-refractivity contribution in [3.63, 3.8) is 0 Å². The van der Waals surface area contributed by atoms with Crippen LogP contribution < -0.4 is 5.73 Å². The molecule has 4 heteroatoms. The fraction of sp³-hybridized carbons (Fsp3) is 0.500. The number of hydrogen-bond acceptors (Lipinski definition) is 3. The van der Waals surface area contributed by atoms with Crippen molar-refractivity contribution in [3.05, 3.63) is 17.7 Å². The Balaban J connectivity index is 2.37. The number of imidazole rings is 1. The van der Waals surface area contributed by atoms with Crippen molar-refractivity contribution in [1.29, 1.82) is 0 Å². The first kappa shape index (κ1) is 6.24. The van der Waals surface area contributed by atoms with Crippen molar-refractivity contribution in [1.82, 2.24) is 9.55 Å². The van der Waals surface area contributed by atoms with E-state index >= 15 is 0 Å². The van der Waals surface area contributed by atoms with Crippen LogP contribution in [0.25, 0.3) is 0 Å². The first-order chi connectivity index (χ1) is 4.90. The van der Waals surface area contributed by atoms with Crippen LogP contribution in [0.4, 0.5) is 0 Å². The molecule has 1 aromatic rings. The van der Waals surface area contributed by atoms with Crippen molar-refractivity contribution < 1.29 is 0 Å². The number of nitrogens with two attached hydrogens (primary N) is 1. The lowest BCUT2D eigenvalue weighted by Crippen LogP contribution is -1.96. The summed E-state index contributed by atoms with van der Waals surface area (Å²) in [7, 11) is 0. The van der Waals surface area contributed by atoms with Crippen LogP contribution in [0.1, 0.15) is 11.5 Å². The first-order valence-corrected chi connectivity index (χ1v) is 4.38. The summed E-state index contributed by atoms with van der Waals surface area (Å²) in [6.45, 7) is 0.560. The Hall–Kier alpha value is -0.480. The van der Waals surface area contributed by atoms with Crippen molar-refractivity contribution in [2.75, 3.05) is 0 Å². The zero-order chi connectivity index (χ0) is 6.97. The lowest BCUT2D eigenvalue weighted by atomic mass is 10.5. The highest BCUT2D eigenvalue weighted by Gasteiger charge is 2.12. The van der Waals surface area contributed by atoms with E-state index in [1.54, 1.807) is 0 Å². The Kier molecular flexibility index (Phi) is 1.43. The summed E-state index contributed by atoms with van der Waals surface area (Å²) >= 11 is 1.89. The van der Waals surface area contributed by atoms with Gasteiger partial charge in [-0.3, -0.25) is 0 Å². The molecule has 1 aliphatic rings. The number of rotatable bonds is 1. The summed E-state index contributed by atoms with van der Waals surface area (Å²) in [6, 6.07) is 0. The summed E-state index contributed by atoms with van der Waals surface area (Å²) in [5.74, 6) is 3.26. The van der Waals surface area contributed by atoms with E-state index in [4.69, 9.17) is 5.73 Å². The van der Waals surface area contributed by atoms with Crippen LogP contribution in [0, 0.1) is 0 Å². The van der Waals surface area contributed by atoms with Gasteiger partial charge in [0.2, 0.25) is 0 Å². The molecule has 1 aliphatic heterocycles. The molecule has 3 nitrogen and oxygen atoms in total. The molecule has 0 aliphatic carbocycles. The molecule has 10 heavy (non-hydrogen) atoms. The third-order valence-electron chi connectivity index (χ3n) is 1.58. The molecule has 1 aromatic heterocycles. The normalized spacial score (nSPS) is 15.7. The lowest BCUT2D eigenvalue weighted by Gasteiger charge is -1.88. The molecule has 0 atom stereocenters. The highest BCUT2D eigenvalue weighted by molar-refractivity contribution is 7.97. The average Bonchev–Trinajstić information content (AvgIpc) is 2.42. The second-order valence-electron chi connectivity index (χ2n) is 2.30. The molecule has 0 saturated carbocycles. The smallest absolute Gasteiger partial charge is 0.119 e. The predicted molar refractivity (Wildman–Crippen MR) is 41.4 cm³/mol. The van der Waals surface area contributed by atoms with Gasteiger partial charge in [-0.05, 0) is 0 Å². The number of aromatic nitrogens is 2. The van der Waals surface area contributed by atoms with Crippen molar-refractivity contribution in [3.8, 4) is 0 Å². The van der Waals surface area contributed by atoms with E-state index in [-0.39, 0.29) is 0 Å². The van der Waals surface area contributed by atoms with Crippen LogP contribution in [-0.2, 0) is 18.2 Å². The van der Waals surface area contributed by atoms with Crippen LogP contribution in [0.15, 0.2) is 6.20 Å². The molecule has 0 saturated heterocycles. The standard InChI is InChI=1S/C6H9N3S/c7-1-5-2-9-4-10-3-6(9)8-5/h2H,1,3-4,7H2. The van der Waals surface area contributed by atoms with E-state index in [1.165, 1.54) is 5.82 Å². The van der Waals surface area contributed by atoms with E-state index in [0.717, 1.165) is 17.3 Å². The highest BCUT2D eigenvalue weighted by Crippen LogP contribution is 2.22. The molecule has 0 spiro atoms. The number of thioether (sulfide) groups is 1. The topological polar surface area (TPSA) is 43.8 Å². The molecular weight excluding hydrogens is 146 g/mol. The molecule has 54 valence electrons. The minimum atomic E-state index is 0.560. The molecule has 0 amide bonds. The quantitative estimate of drug-likeness (QED) is 0.644. The van der Waals surface area contributed by atoms with Crippen LogP contribution in [-0.4, -0.2) is 9.55 Å². The molecule has 2 rings (SSSR count). The summed E-state index contributed by atoms with van der Waals surface area (Å²) < 4.78 is 2.16. The van der Waals surface area contributed by atoms with E-state index in [9.17, 15) is 0 Å². The van der Waals surface area contributed by atoms with Gasteiger partial charge in [-0.25, -0.2) is 4.98 Å². The van der Waals surface area contributed by atoms with Crippen molar-refractivity contribution in [2.24, 2.45) is 5.73 Å². The molecule has 2 N–H and O–H groups in total. The molecule has 2 heterocycles. The Bertz CT molecular complexity index is 222. The Morgan fingerprint density at radius 1 is 1.80 bits per heavy atom. The van der Waals surface area contributed by atoms with Gasteiger partial charge < -0.3 is 10.3 Å². The van der Waals surface area contributed by atoms with Crippen molar-refractivity contribution in [2.45, 2.75) is 18.2 Å². The maximum Gasteiger partial charge on any atom is 0.119 e. The van der Waals surface area contributed by atoms with Gasteiger partial charge in [0.05, 0.1) is 17.3 Å². The summed E-state index contributed by atoms with van der Waals surface area (Å²) in [5, 5.41) is 0. The van der Waals surface area contributed by atoms with Gasteiger partial charge in [0.25, 0.3) is 0 Å². The fourth-order valence-electron chi connectivity index (χ4n) is 1.07. The van der Waals surface area contributed by atoms with Crippen LogP contribution in [0.2, 0.25) is 0 Å². The first-order valence-electron chi connectivity index (χ1n) is 3.23. The SMILES string of the molecule is NCc1cn2c(n1)CSC2. The fourth-order valence-corrected chi connectivity index (χ4v) is 2.00. The number of nitrogens with zero attached hydrogens (tertiary/aromatic N) is 2. The molecule has 0 bridgehead atoms. The molecular formula is C6H9N3S. The maximum atomic E-state index is 5.43. The second-order valence-corrected chi connectivity index (χ2v) is 3.26. The van der Waals surface area contributed by atoms with Gasteiger partial charge >= 0.3 is 0 Å². The monoisotopic (exact) mass is 155 g/mol. The third kappa shape index (κ3) is 0.839. The zero-order valence-electron chi connectivity index (χ0n) is 5.58. The maximum absolute atomic E-state index is 5.43. The van der Waals surface area contributed by atoms with E-state index in [0.29, 0.717) is 6.54 Å². The largest absolute Gasteiger partial charge is 0.325 e. The Morgan fingerprint density at radius 3 is 3.40 bits per heavy atom. The van der Waals surface area contributed by atoms with Crippen molar-refractivity contribution >= 4 is 11.8 Å². The molecule has 0 fully saturated rings. The zero-order valence-corrected chi connectivity index (χ0v) is 6.40. The van der Waals surface area contributed by atoms with E-state index < -0.39 is 0 Å². The molecule has 0 aromatic carbocycles. The van der Waals surface area contributed by atoms with Gasteiger partial charge in [0.1, 0.15) is 5.82 Å². The third-order valence-corrected chi connectivity index (χ3v) is 2.50. The van der Waals surface area contributed by atoms with Crippen LogP contribution >= 0.6 is 11.8 Å². The van der Waals surface area contributed by atoms with Gasteiger partial charge in [-0.1, -0.05) is 0 Å². The minimum absolute atomic E-state index is 0.560. The van der Waals surface area contributed by atoms with Gasteiger partial charge in [-0.15, -0.1) is 11.8 Å². The summed E-state index contributed by atoms with van der Waals surface area (Å²) in [4.78, 5) is 4.33. The molecule has 0 radical (unpaired) electrons. The highest BCUT2D eigenvalue weighted by atomic mass is 32.2. The second kappa shape index (κ2) is 2.29. The Labute approximate surface area is 63.6 Å². The molecule has 0 unspecified atom stereocenters. The summed E-state index contributed by atoms with van der Waals surface area (Å²) in [6.07, 6.45) is 2.04. The predicted octanol–water partition coefficient (Wildman–Crippen LogP) is 0.546. The van der Waals surface area contributed by atoms with Crippen LogP contribution in [0.5, 0.6) is 0 Å². The summed E-state index contributed by atoms with van der Waals surface area (Å²) in [5.41, 5.74) is 6.44. The van der Waals surface area contributed by atoms with E-state index in [1.807, 2.05) is 18.0 Å². The number of fused-ring (bicyclic) bond motifs is 1.